The largest absolute Gasteiger partial charge is 0.573 e. The predicted octanol–water partition coefficient (Wildman–Crippen LogP) is 8.94. The number of carbonyl (C=O) groups is 1. The van der Waals surface area contributed by atoms with Gasteiger partial charge in [-0.2, -0.15) is 5.10 Å². The van der Waals surface area contributed by atoms with Crippen LogP contribution in [0.15, 0.2) is 24.3 Å². The maximum absolute atomic E-state index is 14.2. The lowest BCUT2D eigenvalue weighted by Gasteiger charge is -2.33. The lowest BCUT2D eigenvalue weighted by Crippen LogP contribution is -2.25. The molecule has 0 aliphatic heterocycles. The summed E-state index contributed by atoms with van der Waals surface area (Å²) in [6.07, 6.45) is 10.6. The van der Waals surface area contributed by atoms with Crippen LogP contribution in [0, 0.1) is 30.6 Å². The Labute approximate surface area is 224 Å². The number of Topliss-reactive ketones (excluding diaryl/α,β-unsaturated/α-hetero) is 1. The normalized spacial score (nSPS) is 25.9. The van der Waals surface area contributed by atoms with Crippen LogP contribution >= 0.6 is 0 Å². The molecule has 4 nitrogen and oxygen atoms in total. The summed E-state index contributed by atoms with van der Waals surface area (Å²) in [7, 11) is 0. The number of ether oxygens (including phenoxy) is 1. The summed E-state index contributed by atoms with van der Waals surface area (Å²) in [6, 6.07) is 5.91. The van der Waals surface area contributed by atoms with E-state index in [4.69, 9.17) is 5.10 Å². The van der Waals surface area contributed by atoms with Crippen LogP contribution in [0.2, 0.25) is 0 Å². The molecule has 1 heterocycles. The lowest BCUT2D eigenvalue weighted by molar-refractivity contribution is -0.274. The Kier molecular flexibility index (Phi) is 8.20. The number of halogens is 3. The smallest absolute Gasteiger partial charge is 0.406 e. The van der Waals surface area contributed by atoms with Crippen molar-refractivity contribution in [3.63, 3.8) is 0 Å². The number of hydrogen-bond acceptors (Lipinski definition) is 3. The highest BCUT2D eigenvalue weighted by Gasteiger charge is 2.38. The van der Waals surface area contributed by atoms with Crippen LogP contribution in [0.5, 0.6) is 5.75 Å². The van der Waals surface area contributed by atoms with E-state index in [2.05, 4.69) is 11.7 Å². The van der Waals surface area contributed by atoms with Gasteiger partial charge < -0.3 is 4.74 Å². The quantitative estimate of drug-likeness (QED) is 0.277. The van der Waals surface area contributed by atoms with E-state index in [1.54, 1.807) is 10.7 Å². The summed E-state index contributed by atoms with van der Waals surface area (Å²) in [5.41, 5.74) is 2.75. The van der Waals surface area contributed by atoms with E-state index >= 15 is 0 Å². The molecule has 208 valence electrons. The molecule has 0 saturated heterocycles. The zero-order valence-corrected chi connectivity index (χ0v) is 22.7. The van der Waals surface area contributed by atoms with Crippen molar-refractivity contribution in [3.05, 3.63) is 41.2 Å². The summed E-state index contributed by atoms with van der Waals surface area (Å²) in [4.78, 5) is 14.2. The molecule has 2 aromatic rings. The highest BCUT2D eigenvalue weighted by molar-refractivity contribution is 6.00. The molecule has 1 unspecified atom stereocenters. The van der Waals surface area contributed by atoms with Crippen LogP contribution in [-0.4, -0.2) is 21.9 Å². The molecule has 0 bridgehead atoms. The van der Waals surface area contributed by atoms with Crippen molar-refractivity contribution in [1.29, 1.82) is 0 Å². The van der Waals surface area contributed by atoms with Crippen LogP contribution < -0.4 is 4.74 Å². The molecule has 0 N–H and O–H groups in total. The molecule has 5 rings (SSSR count). The molecule has 0 radical (unpaired) electrons. The number of alkyl halides is 3. The van der Waals surface area contributed by atoms with E-state index < -0.39 is 6.36 Å². The summed E-state index contributed by atoms with van der Waals surface area (Å²) < 4.78 is 44.4. The lowest BCUT2D eigenvalue weighted by atomic mass is 9.72. The molecule has 3 atom stereocenters. The van der Waals surface area contributed by atoms with Gasteiger partial charge in [-0.1, -0.05) is 51.5 Å². The van der Waals surface area contributed by atoms with Gasteiger partial charge in [0, 0.05) is 17.9 Å². The zero-order valence-electron chi connectivity index (χ0n) is 22.7. The first-order valence-corrected chi connectivity index (χ1v) is 14.7. The van der Waals surface area contributed by atoms with Crippen LogP contribution in [0.25, 0.3) is 5.69 Å². The first kappa shape index (κ1) is 27.3. The Balaban J connectivity index is 1.40. The van der Waals surface area contributed by atoms with Gasteiger partial charge >= 0.3 is 6.36 Å². The van der Waals surface area contributed by atoms with Crippen LogP contribution in [-0.2, 0) is 0 Å². The van der Waals surface area contributed by atoms with Crippen molar-refractivity contribution in [2.75, 3.05) is 0 Å². The predicted molar refractivity (Wildman–Crippen MR) is 142 cm³/mol. The topological polar surface area (TPSA) is 44.1 Å². The fourth-order valence-electron chi connectivity index (χ4n) is 7.07. The fourth-order valence-corrected chi connectivity index (χ4v) is 7.07. The molecule has 1 aromatic heterocycles. The van der Waals surface area contributed by atoms with Crippen LogP contribution in [0.3, 0.4) is 0 Å². The van der Waals surface area contributed by atoms with Crippen LogP contribution in [0.4, 0.5) is 13.2 Å². The van der Waals surface area contributed by atoms with E-state index in [9.17, 15) is 18.0 Å². The molecule has 1 aromatic carbocycles. The molecule has 0 spiro atoms. The van der Waals surface area contributed by atoms with Crippen LogP contribution in [0.1, 0.15) is 118 Å². The van der Waals surface area contributed by atoms with Crippen molar-refractivity contribution in [2.45, 2.75) is 110 Å². The highest BCUT2D eigenvalue weighted by Crippen LogP contribution is 2.45. The van der Waals surface area contributed by atoms with Gasteiger partial charge in [0.15, 0.2) is 5.78 Å². The number of ketones is 1. The van der Waals surface area contributed by atoms with E-state index in [1.165, 1.54) is 63.1 Å². The Morgan fingerprint density at radius 2 is 1.66 bits per heavy atom. The number of carbonyl (C=O) groups excluding carboxylic acids is 1. The second-order valence-electron chi connectivity index (χ2n) is 12.1. The minimum absolute atomic E-state index is 0.0141. The first-order chi connectivity index (χ1) is 18.2. The van der Waals surface area contributed by atoms with Crippen molar-refractivity contribution in [1.82, 2.24) is 9.78 Å². The Morgan fingerprint density at radius 1 is 0.947 bits per heavy atom. The zero-order chi connectivity index (χ0) is 26.9. The van der Waals surface area contributed by atoms with E-state index in [-0.39, 0.29) is 23.4 Å². The summed E-state index contributed by atoms with van der Waals surface area (Å²) in [6.45, 7) is 4.22. The Bertz CT molecular complexity index is 1110. The number of rotatable bonds is 6. The minimum Gasteiger partial charge on any atom is -0.406 e. The van der Waals surface area contributed by atoms with Crippen molar-refractivity contribution in [3.8, 4) is 11.4 Å². The van der Waals surface area contributed by atoms with E-state index in [1.807, 2.05) is 6.92 Å². The maximum Gasteiger partial charge on any atom is 0.573 e. The molecule has 3 fully saturated rings. The second-order valence-corrected chi connectivity index (χ2v) is 12.1. The van der Waals surface area contributed by atoms with Crippen molar-refractivity contribution >= 4 is 5.78 Å². The molecule has 0 amide bonds. The average molecular weight is 531 g/mol. The van der Waals surface area contributed by atoms with E-state index in [0.29, 0.717) is 28.8 Å². The Hall–Kier alpha value is -2.31. The third-order valence-corrected chi connectivity index (χ3v) is 9.14. The number of hydrogen-bond donors (Lipinski definition) is 0. The monoisotopic (exact) mass is 530 g/mol. The maximum atomic E-state index is 14.2. The van der Waals surface area contributed by atoms with Gasteiger partial charge in [0.05, 0.1) is 22.6 Å². The third-order valence-electron chi connectivity index (χ3n) is 9.14. The van der Waals surface area contributed by atoms with Gasteiger partial charge in [0.1, 0.15) is 5.75 Å². The molecule has 7 heteroatoms. The summed E-state index contributed by atoms with van der Waals surface area (Å²) >= 11 is 0. The van der Waals surface area contributed by atoms with E-state index in [0.717, 1.165) is 50.1 Å². The SMILES string of the molecule is Cc1nn(-c2cccc(OC(F)(F)F)c2)c(C2CC2)c1C(=O)C1CC[C@@H](C)C[C@H](C2CCCCCC2)CC1. The number of benzene rings is 1. The minimum atomic E-state index is -4.76. The first-order valence-electron chi connectivity index (χ1n) is 14.7. The number of nitrogens with zero attached hydrogens (tertiary/aromatic N) is 2. The molecular weight excluding hydrogens is 489 g/mol. The second kappa shape index (κ2) is 11.4. The van der Waals surface area contributed by atoms with Gasteiger partial charge in [-0.15, -0.1) is 13.2 Å². The standard InChI is InChI=1S/C31H41F3N2O2/c1-20-12-13-24(16-17-25(18-20)22-8-5-3-4-6-9-22)30(37)28-21(2)35-36(29(28)23-14-15-23)26-10-7-11-27(19-26)38-31(32,33)34/h7,10-11,19-20,22-25H,3-6,8-9,12-18H2,1-2H3/t20-,24?,25-/m1/s1. The van der Waals surface area contributed by atoms with Gasteiger partial charge in [-0.3, -0.25) is 4.79 Å². The van der Waals surface area contributed by atoms with Crippen molar-refractivity contribution in [2.24, 2.45) is 23.7 Å². The van der Waals surface area contributed by atoms with Gasteiger partial charge in [0.25, 0.3) is 0 Å². The van der Waals surface area contributed by atoms with Crippen molar-refractivity contribution < 1.29 is 22.7 Å². The van der Waals surface area contributed by atoms with Gasteiger partial charge in [-0.05, 0) is 81.8 Å². The summed E-state index contributed by atoms with van der Waals surface area (Å²) in [5.74, 6) is 2.24. The molecule has 3 aliphatic carbocycles. The van der Waals surface area contributed by atoms with Gasteiger partial charge in [-0.25, -0.2) is 4.68 Å². The average Bonchev–Trinajstić information content (AvgIpc) is 3.66. The van der Waals surface area contributed by atoms with Gasteiger partial charge in [0.2, 0.25) is 0 Å². The number of aromatic nitrogens is 2. The highest BCUT2D eigenvalue weighted by atomic mass is 19.4. The number of aryl methyl sites for hydroxylation is 1. The molecule has 38 heavy (non-hydrogen) atoms. The molecular formula is C31H41F3N2O2. The third kappa shape index (κ3) is 6.45. The molecule has 3 aliphatic rings. The fraction of sp³-hybridized carbons (Fsp3) is 0.677. The molecule has 3 saturated carbocycles. The Morgan fingerprint density at radius 3 is 2.34 bits per heavy atom. The summed E-state index contributed by atoms with van der Waals surface area (Å²) in [5, 5.41) is 4.71.